The van der Waals surface area contributed by atoms with Gasteiger partial charge in [0, 0.05) is 0 Å². The first-order chi connectivity index (χ1) is 13.7. The number of rotatable bonds is 4. The number of para-hydroxylation sites is 3. The van der Waals surface area contributed by atoms with Gasteiger partial charge in [0.15, 0.2) is 0 Å². The molecule has 1 aromatic heterocycles. The molecule has 3 aromatic carbocycles. The Bertz CT molecular complexity index is 1220. The molecule has 0 N–H and O–H groups in total. The minimum absolute atomic E-state index is 0.126. The summed E-state index contributed by atoms with van der Waals surface area (Å²) in [5.41, 5.74) is 3.45. The molecule has 0 aliphatic carbocycles. The highest BCUT2D eigenvalue weighted by molar-refractivity contribution is 5.80. The lowest BCUT2D eigenvalue weighted by Crippen LogP contribution is -2.22. The third-order valence-corrected chi connectivity index (χ3v) is 4.63. The van der Waals surface area contributed by atoms with Crippen LogP contribution in [0.25, 0.3) is 28.7 Å². The summed E-state index contributed by atoms with van der Waals surface area (Å²) in [6.45, 7) is 2.05. The van der Waals surface area contributed by atoms with Gasteiger partial charge in [0.25, 0.3) is 5.56 Å². The second-order valence-corrected chi connectivity index (χ2v) is 6.54. The highest BCUT2D eigenvalue weighted by Crippen LogP contribution is 2.23. The highest BCUT2D eigenvalue weighted by Gasteiger charge is 2.14. The number of nitrogens with zero attached hydrogens (tertiary/aromatic N) is 2. The Balaban J connectivity index is 1.96. The molecule has 0 amide bonds. The molecule has 0 saturated carbocycles. The van der Waals surface area contributed by atoms with Crippen LogP contribution in [0.2, 0.25) is 0 Å². The average Bonchev–Trinajstić information content (AvgIpc) is 2.73. The molecule has 0 aliphatic heterocycles. The van der Waals surface area contributed by atoms with Gasteiger partial charge in [0.2, 0.25) is 0 Å². The molecule has 4 heteroatoms. The van der Waals surface area contributed by atoms with E-state index in [4.69, 9.17) is 9.72 Å². The lowest BCUT2D eigenvalue weighted by Gasteiger charge is -2.14. The van der Waals surface area contributed by atoms with Gasteiger partial charge in [-0.3, -0.25) is 9.36 Å². The Morgan fingerprint density at radius 1 is 0.893 bits per heavy atom. The monoisotopic (exact) mass is 368 g/mol. The normalized spacial score (nSPS) is 11.2. The van der Waals surface area contributed by atoms with Gasteiger partial charge in [-0.2, -0.15) is 0 Å². The van der Waals surface area contributed by atoms with Crippen LogP contribution in [0.1, 0.15) is 17.0 Å². The molecule has 0 saturated heterocycles. The second-order valence-electron chi connectivity index (χ2n) is 6.54. The Kier molecular flexibility index (Phi) is 4.77. The van der Waals surface area contributed by atoms with Gasteiger partial charge in [0.1, 0.15) is 11.6 Å². The number of aryl methyl sites for hydroxylation is 1. The predicted molar refractivity (Wildman–Crippen MR) is 114 cm³/mol. The third-order valence-electron chi connectivity index (χ3n) is 4.63. The first-order valence-electron chi connectivity index (χ1n) is 9.07. The first kappa shape index (κ1) is 17.7. The number of hydrogen-bond acceptors (Lipinski definition) is 3. The van der Waals surface area contributed by atoms with Crippen molar-refractivity contribution in [1.29, 1.82) is 0 Å². The molecule has 0 spiro atoms. The van der Waals surface area contributed by atoms with Crippen molar-refractivity contribution in [2.24, 2.45) is 0 Å². The van der Waals surface area contributed by atoms with E-state index in [1.165, 1.54) is 5.56 Å². The van der Waals surface area contributed by atoms with E-state index in [1.54, 1.807) is 17.7 Å². The average molecular weight is 368 g/mol. The van der Waals surface area contributed by atoms with Gasteiger partial charge in [-0.15, -0.1) is 0 Å². The summed E-state index contributed by atoms with van der Waals surface area (Å²) >= 11 is 0. The quantitative estimate of drug-likeness (QED) is 0.516. The Hall–Kier alpha value is -3.66. The molecule has 0 bridgehead atoms. The maximum absolute atomic E-state index is 13.3. The zero-order valence-electron chi connectivity index (χ0n) is 15.8. The van der Waals surface area contributed by atoms with Crippen LogP contribution in [0.3, 0.4) is 0 Å². The molecular weight excluding hydrogens is 348 g/mol. The SMILES string of the molecule is COc1ccccc1-n1c(/C=C/c2ccc(C)cc2)nc2ccccc2c1=O. The smallest absolute Gasteiger partial charge is 0.266 e. The van der Waals surface area contributed by atoms with Crippen LogP contribution in [0.5, 0.6) is 5.75 Å². The fourth-order valence-electron chi connectivity index (χ4n) is 3.16. The summed E-state index contributed by atoms with van der Waals surface area (Å²) in [4.78, 5) is 18.0. The number of fused-ring (bicyclic) bond motifs is 1. The van der Waals surface area contributed by atoms with Gasteiger partial charge < -0.3 is 4.74 Å². The molecule has 4 rings (SSSR count). The molecule has 28 heavy (non-hydrogen) atoms. The number of aromatic nitrogens is 2. The van der Waals surface area contributed by atoms with Gasteiger partial charge in [-0.05, 0) is 42.8 Å². The molecule has 0 aliphatic rings. The number of ether oxygens (including phenoxy) is 1. The van der Waals surface area contributed by atoms with Gasteiger partial charge in [-0.1, -0.05) is 60.2 Å². The van der Waals surface area contributed by atoms with Crippen molar-refractivity contribution >= 4 is 23.1 Å². The van der Waals surface area contributed by atoms with Crippen molar-refractivity contribution in [1.82, 2.24) is 9.55 Å². The number of benzene rings is 3. The van der Waals surface area contributed by atoms with Crippen molar-refractivity contribution in [3.63, 3.8) is 0 Å². The Morgan fingerprint density at radius 3 is 2.39 bits per heavy atom. The van der Waals surface area contributed by atoms with Crippen LogP contribution >= 0.6 is 0 Å². The van der Waals surface area contributed by atoms with E-state index in [0.29, 0.717) is 28.2 Å². The molecule has 0 radical (unpaired) electrons. The van der Waals surface area contributed by atoms with Gasteiger partial charge >= 0.3 is 0 Å². The lowest BCUT2D eigenvalue weighted by atomic mass is 10.1. The van der Waals surface area contributed by atoms with Gasteiger partial charge in [-0.25, -0.2) is 4.98 Å². The molecule has 1 heterocycles. The van der Waals surface area contributed by atoms with Crippen molar-refractivity contribution in [3.05, 3.63) is 100 Å². The molecule has 0 unspecified atom stereocenters. The van der Waals surface area contributed by atoms with Crippen LogP contribution in [-0.4, -0.2) is 16.7 Å². The number of methoxy groups -OCH3 is 1. The summed E-state index contributed by atoms with van der Waals surface area (Å²) < 4.78 is 7.09. The molecule has 4 aromatic rings. The zero-order valence-corrected chi connectivity index (χ0v) is 15.8. The van der Waals surface area contributed by atoms with Crippen LogP contribution in [0.15, 0.2) is 77.6 Å². The minimum Gasteiger partial charge on any atom is -0.495 e. The van der Waals surface area contributed by atoms with Crippen molar-refractivity contribution in [2.75, 3.05) is 7.11 Å². The van der Waals surface area contributed by atoms with E-state index in [2.05, 4.69) is 19.1 Å². The fourth-order valence-corrected chi connectivity index (χ4v) is 3.16. The largest absolute Gasteiger partial charge is 0.495 e. The molecule has 0 atom stereocenters. The van der Waals surface area contributed by atoms with E-state index in [-0.39, 0.29) is 5.56 Å². The maximum atomic E-state index is 13.3. The molecular formula is C24H20N2O2. The Labute approximate surface area is 163 Å². The third kappa shape index (κ3) is 3.32. The summed E-state index contributed by atoms with van der Waals surface area (Å²) in [6.07, 6.45) is 3.83. The van der Waals surface area contributed by atoms with E-state index in [9.17, 15) is 4.79 Å². The van der Waals surface area contributed by atoms with Crippen LogP contribution in [0, 0.1) is 6.92 Å². The van der Waals surface area contributed by atoms with Gasteiger partial charge in [0.05, 0.1) is 23.7 Å². The van der Waals surface area contributed by atoms with Crippen molar-refractivity contribution in [3.8, 4) is 11.4 Å². The van der Waals surface area contributed by atoms with Crippen LogP contribution in [-0.2, 0) is 0 Å². The fraction of sp³-hybridized carbons (Fsp3) is 0.0833. The minimum atomic E-state index is -0.126. The number of hydrogen-bond donors (Lipinski definition) is 0. The molecule has 0 fully saturated rings. The van der Waals surface area contributed by atoms with Crippen LogP contribution in [0.4, 0.5) is 0 Å². The summed E-state index contributed by atoms with van der Waals surface area (Å²) in [6, 6.07) is 23.0. The van der Waals surface area contributed by atoms with E-state index >= 15 is 0 Å². The standard InChI is InChI=1S/C24H20N2O2/c1-17-11-13-18(14-12-17)15-16-23-25-20-8-4-3-7-19(20)24(27)26(23)21-9-5-6-10-22(21)28-2/h3-16H,1-2H3/b16-15+. The maximum Gasteiger partial charge on any atom is 0.266 e. The summed E-state index contributed by atoms with van der Waals surface area (Å²) in [5, 5.41) is 0.570. The Morgan fingerprint density at radius 2 is 1.61 bits per heavy atom. The van der Waals surface area contributed by atoms with E-state index < -0.39 is 0 Å². The van der Waals surface area contributed by atoms with Crippen molar-refractivity contribution in [2.45, 2.75) is 6.92 Å². The highest BCUT2D eigenvalue weighted by atomic mass is 16.5. The predicted octanol–water partition coefficient (Wildman–Crippen LogP) is 4.87. The molecule has 138 valence electrons. The topological polar surface area (TPSA) is 44.1 Å². The lowest BCUT2D eigenvalue weighted by molar-refractivity contribution is 0.412. The first-order valence-corrected chi connectivity index (χ1v) is 9.07. The van der Waals surface area contributed by atoms with E-state index in [0.717, 1.165) is 5.56 Å². The second kappa shape index (κ2) is 7.53. The summed E-state index contributed by atoms with van der Waals surface area (Å²) in [5.74, 6) is 1.17. The zero-order chi connectivity index (χ0) is 19.5. The molecule has 4 nitrogen and oxygen atoms in total. The summed E-state index contributed by atoms with van der Waals surface area (Å²) in [7, 11) is 1.60. The van der Waals surface area contributed by atoms with Crippen LogP contribution < -0.4 is 10.3 Å². The van der Waals surface area contributed by atoms with Crippen molar-refractivity contribution < 1.29 is 4.74 Å². The van der Waals surface area contributed by atoms with E-state index in [1.807, 2.05) is 66.7 Å².